The summed E-state index contributed by atoms with van der Waals surface area (Å²) in [7, 11) is 0. The zero-order valence-corrected chi connectivity index (χ0v) is 8.71. The van der Waals surface area contributed by atoms with Gasteiger partial charge in [-0.2, -0.15) is 5.26 Å². The lowest BCUT2D eigenvalue weighted by molar-refractivity contribution is 0.431. The lowest BCUT2D eigenvalue weighted by Gasteiger charge is -2.14. The van der Waals surface area contributed by atoms with E-state index < -0.39 is 0 Å². The van der Waals surface area contributed by atoms with E-state index in [4.69, 9.17) is 5.26 Å². The van der Waals surface area contributed by atoms with Crippen molar-refractivity contribution in [3.8, 4) is 6.07 Å². The first-order valence-electron chi connectivity index (χ1n) is 4.01. The summed E-state index contributed by atoms with van der Waals surface area (Å²) in [5.41, 5.74) is 0.412. The normalized spacial score (nSPS) is 48.5. The molecule has 0 aromatic heterocycles. The van der Waals surface area contributed by atoms with Crippen LogP contribution in [0.25, 0.3) is 0 Å². The minimum Gasteiger partial charge on any atom is -0.241 e. The van der Waals surface area contributed by atoms with Gasteiger partial charge < -0.3 is 0 Å². The maximum Gasteiger partial charge on any atom is 0.0628 e. The lowest BCUT2D eigenvalue weighted by atomic mass is 9.97. The molecule has 0 radical (unpaired) electrons. The minimum absolute atomic E-state index is 0.412. The van der Waals surface area contributed by atoms with Gasteiger partial charge in [-0.3, -0.25) is 0 Å². The Bertz CT molecular complexity index is 223. The molecule has 0 N–H and O–H groups in total. The highest BCUT2D eigenvalue weighted by Crippen LogP contribution is 2.62. The van der Waals surface area contributed by atoms with Crippen molar-refractivity contribution in [2.24, 2.45) is 5.41 Å². The quantitative estimate of drug-likeness (QED) is 0.534. The van der Waals surface area contributed by atoms with Crippen molar-refractivity contribution in [2.75, 3.05) is 0 Å². The van der Waals surface area contributed by atoms with E-state index in [2.05, 4.69) is 39.0 Å². The fourth-order valence-electron chi connectivity index (χ4n) is 2.30. The summed E-state index contributed by atoms with van der Waals surface area (Å²) in [5.74, 6) is 0. The fraction of sp³-hybridized carbons (Fsp3) is 0.875. The second-order valence-corrected chi connectivity index (χ2v) is 4.93. The van der Waals surface area contributed by atoms with Crippen LogP contribution in [0, 0.1) is 16.7 Å². The first-order chi connectivity index (χ1) is 5.19. The Balaban J connectivity index is 2.09. The number of nitriles is 1. The Morgan fingerprint density at radius 2 is 2.45 bits per heavy atom. The van der Waals surface area contributed by atoms with E-state index in [1.807, 2.05) is 0 Å². The zero-order valence-electron chi connectivity index (χ0n) is 6.55. The molecule has 3 atom stereocenters. The van der Waals surface area contributed by atoms with Crippen LogP contribution in [0.1, 0.15) is 26.2 Å². The smallest absolute Gasteiger partial charge is 0.0628 e. The Labute approximate surface area is 81.1 Å². The number of rotatable bonds is 1. The van der Waals surface area contributed by atoms with Crippen molar-refractivity contribution >= 4 is 22.9 Å². The second-order valence-electron chi connectivity index (χ2n) is 3.81. The second kappa shape index (κ2) is 2.33. The predicted octanol–water partition coefficient (Wildman–Crippen LogP) is 2.10. The lowest BCUT2D eigenvalue weighted by Crippen LogP contribution is -2.18. The molecule has 11 heavy (non-hydrogen) atoms. The summed E-state index contributed by atoms with van der Waals surface area (Å²) in [6.07, 6.45) is 3.25. The molecule has 60 valence electrons. The van der Waals surface area contributed by atoms with Crippen molar-refractivity contribution in [3.05, 3.63) is 0 Å². The number of halogens is 1. The van der Waals surface area contributed by atoms with Gasteiger partial charge in [0.25, 0.3) is 0 Å². The predicted molar refractivity (Wildman–Crippen MR) is 51.0 cm³/mol. The van der Waals surface area contributed by atoms with Gasteiger partial charge in [0.1, 0.15) is 0 Å². The molecule has 2 nitrogen and oxygen atoms in total. The molecule has 1 saturated carbocycles. The van der Waals surface area contributed by atoms with Crippen LogP contribution in [0.4, 0.5) is 0 Å². The third-order valence-corrected chi connectivity index (χ3v) is 4.62. The molecule has 1 unspecified atom stereocenters. The van der Waals surface area contributed by atoms with Gasteiger partial charge in [-0.05, 0) is 19.8 Å². The first kappa shape index (κ1) is 7.81. The number of piperidine rings is 1. The molecule has 3 heteroatoms. The molecule has 1 aliphatic heterocycles. The Morgan fingerprint density at radius 1 is 1.73 bits per heavy atom. The Kier molecular flexibility index (Phi) is 1.66. The third-order valence-electron chi connectivity index (χ3n) is 3.00. The molecule has 1 saturated heterocycles. The molecular formula is C8H11IN2. The molecule has 0 aromatic carbocycles. The van der Waals surface area contributed by atoms with Gasteiger partial charge in [0.2, 0.25) is 0 Å². The number of fused-ring (bicyclic) bond motifs is 1. The van der Waals surface area contributed by atoms with E-state index in [1.165, 1.54) is 12.8 Å². The van der Waals surface area contributed by atoms with Crippen LogP contribution in [0.2, 0.25) is 0 Å². The topological polar surface area (TPSA) is 27.0 Å². The minimum atomic E-state index is 0.412. The zero-order chi connectivity index (χ0) is 8.06. The molecule has 0 aromatic rings. The third kappa shape index (κ3) is 0.994. The fourth-order valence-corrected chi connectivity index (χ4v) is 3.28. The van der Waals surface area contributed by atoms with Gasteiger partial charge in [-0.15, -0.1) is 0 Å². The maximum absolute atomic E-state index is 8.62. The Hall–Kier alpha value is 0.180. The van der Waals surface area contributed by atoms with Gasteiger partial charge in [0.05, 0.1) is 6.07 Å². The highest BCUT2D eigenvalue weighted by atomic mass is 127. The van der Waals surface area contributed by atoms with Crippen molar-refractivity contribution in [1.29, 1.82) is 5.26 Å². The van der Waals surface area contributed by atoms with Crippen molar-refractivity contribution in [3.63, 3.8) is 0 Å². The molecule has 0 bridgehead atoms. The molecule has 1 aliphatic carbocycles. The summed E-state index contributed by atoms with van der Waals surface area (Å²) in [4.78, 5) is 0. The van der Waals surface area contributed by atoms with E-state index in [0.717, 1.165) is 12.5 Å². The maximum atomic E-state index is 8.62. The van der Waals surface area contributed by atoms with Crippen LogP contribution in [0.3, 0.4) is 0 Å². The number of nitrogens with zero attached hydrogens (tertiary/aromatic N) is 2. The van der Waals surface area contributed by atoms with Crippen LogP contribution < -0.4 is 0 Å². The van der Waals surface area contributed by atoms with E-state index in [0.29, 0.717) is 11.5 Å². The average Bonchev–Trinajstić information content (AvgIpc) is 2.57. The summed E-state index contributed by atoms with van der Waals surface area (Å²) in [5, 5.41) is 8.62. The van der Waals surface area contributed by atoms with Crippen LogP contribution in [-0.4, -0.2) is 15.2 Å². The van der Waals surface area contributed by atoms with E-state index in [-0.39, 0.29) is 0 Å². The van der Waals surface area contributed by atoms with Crippen LogP contribution in [0.15, 0.2) is 0 Å². The highest BCUT2D eigenvalue weighted by molar-refractivity contribution is 14.1. The van der Waals surface area contributed by atoms with E-state index in [9.17, 15) is 0 Å². The van der Waals surface area contributed by atoms with E-state index >= 15 is 0 Å². The van der Waals surface area contributed by atoms with Crippen LogP contribution in [-0.2, 0) is 0 Å². The number of hydrogen-bond acceptors (Lipinski definition) is 2. The van der Waals surface area contributed by atoms with Crippen LogP contribution >= 0.6 is 22.9 Å². The Morgan fingerprint density at radius 3 is 2.91 bits per heavy atom. The van der Waals surface area contributed by atoms with Gasteiger partial charge in [0.15, 0.2) is 0 Å². The average molecular weight is 262 g/mol. The molecule has 2 fully saturated rings. The standard InChI is InChI=1S/C8H11IN2/c1-6-4-8(2-3-10)5-7(8)11(6)9/h6-7H,2,4-5H2,1H3/t6?,7-,8+/m1/s1. The summed E-state index contributed by atoms with van der Waals surface area (Å²) in [6.45, 7) is 2.25. The van der Waals surface area contributed by atoms with Crippen molar-refractivity contribution in [2.45, 2.75) is 38.3 Å². The highest BCUT2D eigenvalue weighted by Gasteiger charge is 2.62. The number of hydrogen-bond donors (Lipinski definition) is 0. The summed E-state index contributed by atoms with van der Waals surface area (Å²) < 4.78 is 2.40. The molecular weight excluding hydrogens is 251 g/mol. The molecule has 0 spiro atoms. The molecule has 2 aliphatic rings. The monoisotopic (exact) mass is 262 g/mol. The van der Waals surface area contributed by atoms with Crippen LogP contribution in [0.5, 0.6) is 0 Å². The van der Waals surface area contributed by atoms with Crippen molar-refractivity contribution in [1.82, 2.24) is 3.11 Å². The largest absolute Gasteiger partial charge is 0.241 e. The van der Waals surface area contributed by atoms with E-state index in [1.54, 1.807) is 0 Å². The van der Waals surface area contributed by atoms with Crippen molar-refractivity contribution < 1.29 is 0 Å². The van der Waals surface area contributed by atoms with Gasteiger partial charge in [-0.25, -0.2) is 3.11 Å². The summed E-state index contributed by atoms with van der Waals surface area (Å²) in [6, 6.07) is 3.71. The first-order valence-corrected chi connectivity index (χ1v) is 4.97. The molecule has 2 rings (SSSR count). The van der Waals surface area contributed by atoms with Gasteiger partial charge in [-0.1, -0.05) is 0 Å². The molecule has 0 amide bonds. The summed E-state index contributed by atoms with van der Waals surface area (Å²) >= 11 is 2.40. The SMILES string of the molecule is CC1C[C@@]2(CC#N)C[C@H]2N1I. The molecule has 1 heterocycles. The van der Waals surface area contributed by atoms with Gasteiger partial charge >= 0.3 is 0 Å². The van der Waals surface area contributed by atoms with Gasteiger partial charge in [0, 0.05) is 46.8 Å².